The highest BCUT2D eigenvalue weighted by molar-refractivity contribution is 5.45. The lowest BCUT2D eigenvalue weighted by Crippen LogP contribution is -2.35. The van der Waals surface area contributed by atoms with Gasteiger partial charge in [0.2, 0.25) is 0 Å². The summed E-state index contributed by atoms with van der Waals surface area (Å²) in [5.41, 5.74) is 3.29. The molecule has 0 saturated heterocycles. The van der Waals surface area contributed by atoms with Crippen molar-refractivity contribution in [1.29, 1.82) is 0 Å². The molecule has 0 spiro atoms. The van der Waals surface area contributed by atoms with Crippen LogP contribution in [0.1, 0.15) is 0 Å². The van der Waals surface area contributed by atoms with Gasteiger partial charge in [0.1, 0.15) is 5.82 Å². The fourth-order valence-corrected chi connectivity index (χ4v) is 0.942. The molecule has 0 amide bonds. The molecule has 3 N–H and O–H groups in total. The molecule has 0 aromatic heterocycles. The summed E-state index contributed by atoms with van der Waals surface area (Å²) in [7, 11) is 1.83. The van der Waals surface area contributed by atoms with Gasteiger partial charge < -0.3 is 4.90 Å². The van der Waals surface area contributed by atoms with E-state index >= 15 is 0 Å². The molecule has 0 bridgehead atoms. The fourth-order valence-electron chi connectivity index (χ4n) is 0.942. The number of hydrogen-bond donors (Lipinski definition) is 2. The summed E-state index contributed by atoms with van der Waals surface area (Å²) in [6, 6.07) is 6.35. The van der Waals surface area contributed by atoms with Crippen LogP contribution in [0, 0.1) is 5.82 Å². The number of nitrogens with zero attached hydrogens (tertiary/aromatic N) is 1. The normalized spacial score (nSPS) is 9.92. The summed E-state index contributed by atoms with van der Waals surface area (Å²) in [5, 5.41) is 0. The summed E-state index contributed by atoms with van der Waals surface area (Å²) in [4.78, 5) is 1.81. The van der Waals surface area contributed by atoms with Gasteiger partial charge in [-0.3, -0.25) is 5.84 Å². The fraction of sp³-hybridized carbons (Fsp3) is 0.250. The Labute approximate surface area is 70.9 Å². The lowest BCUT2D eigenvalue weighted by molar-refractivity contribution is 0.626. The lowest BCUT2D eigenvalue weighted by atomic mass is 10.3. The van der Waals surface area contributed by atoms with E-state index in [9.17, 15) is 4.39 Å². The third-order valence-corrected chi connectivity index (χ3v) is 1.58. The summed E-state index contributed by atoms with van der Waals surface area (Å²) >= 11 is 0. The van der Waals surface area contributed by atoms with Gasteiger partial charge in [-0.1, -0.05) is 6.07 Å². The van der Waals surface area contributed by atoms with Gasteiger partial charge in [0, 0.05) is 12.7 Å². The molecule has 3 nitrogen and oxygen atoms in total. The predicted octanol–water partition coefficient (Wildman–Crippen LogP) is 0.683. The van der Waals surface area contributed by atoms with Crippen molar-refractivity contribution in [2.24, 2.45) is 5.84 Å². The lowest BCUT2D eigenvalue weighted by Gasteiger charge is -2.17. The maximum Gasteiger partial charge on any atom is 0.125 e. The van der Waals surface area contributed by atoms with Gasteiger partial charge in [-0.05, 0) is 18.2 Å². The van der Waals surface area contributed by atoms with E-state index in [1.807, 2.05) is 18.0 Å². The van der Waals surface area contributed by atoms with Crippen LogP contribution in [0.5, 0.6) is 0 Å². The molecule has 4 heteroatoms. The van der Waals surface area contributed by atoms with Crippen molar-refractivity contribution in [3.05, 3.63) is 30.1 Å². The van der Waals surface area contributed by atoms with E-state index in [1.54, 1.807) is 6.07 Å². The van der Waals surface area contributed by atoms with E-state index in [2.05, 4.69) is 5.43 Å². The highest BCUT2D eigenvalue weighted by Gasteiger charge is 1.99. The van der Waals surface area contributed by atoms with Crippen molar-refractivity contribution in [3.8, 4) is 0 Å². The molecule has 0 heterocycles. The number of hydrogen-bond acceptors (Lipinski definition) is 3. The summed E-state index contributed by atoms with van der Waals surface area (Å²) < 4.78 is 12.7. The topological polar surface area (TPSA) is 41.3 Å². The Balaban J connectivity index is 2.73. The Bertz CT molecular complexity index is 252. The second-order valence-corrected chi connectivity index (χ2v) is 2.54. The van der Waals surface area contributed by atoms with Crippen LogP contribution in [0.25, 0.3) is 0 Å². The van der Waals surface area contributed by atoms with Gasteiger partial charge in [-0.2, -0.15) is 0 Å². The van der Waals surface area contributed by atoms with Gasteiger partial charge in [0.05, 0.1) is 6.67 Å². The van der Waals surface area contributed by atoms with Crippen molar-refractivity contribution in [3.63, 3.8) is 0 Å². The van der Waals surface area contributed by atoms with Crippen LogP contribution in [-0.4, -0.2) is 13.7 Å². The number of benzene rings is 1. The maximum absolute atomic E-state index is 12.7. The summed E-state index contributed by atoms with van der Waals surface area (Å²) in [5.74, 6) is 4.88. The van der Waals surface area contributed by atoms with E-state index in [0.717, 1.165) is 5.69 Å². The first-order valence-electron chi connectivity index (χ1n) is 3.64. The van der Waals surface area contributed by atoms with Crippen LogP contribution in [-0.2, 0) is 0 Å². The third-order valence-electron chi connectivity index (χ3n) is 1.58. The highest BCUT2D eigenvalue weighted by Crippen LogP contribution is 2.12. The quantitative estimate of drug-likeness (QED) is 0.397. The standard InChI is InChI=1S/C8H12FN3/c1-12(6-11-10)8-4-2-3-7(9)5-8/h2-5,11H,6,10H2,1H3. The molecular weight excluding hydrogens is 157 g/mol. The molecule has 1 rings (SSSR count). The van der Waals surface area contributed by atoms with E-state index < -0.39 is 0 Å². The Kier molecular flexibility index (Phi) is 3.01. The highest BCUT2D eigenvalue weighted by atomic mass is 19.1. The van der Waals surface area contributed by atoms with Crippen molar-refractivity contribution in [1.82, 2.24) is 5.43 Å². The number of anilines is 1. The molecule has 0 fully saturated rings. The molecule has 0 saturated carbocycles. The van der Waals surface area contributed by atoms with Gasteiger partial charge >= 0.3 is 0 Å². The first kappa shape index (κ1) is 8.96. The number of hydrazine groups is 1. The first-order valence-corrected chi connectivity index (χ1v) is 3.64. The second-order valence-electron chi connectivity index (χ2n) is 2.54. The minimum atomic E-state index is -0.239. The summed E-state index contributed by atoms with van der Waals surface area (Å²) in [6.45, 7) is 0.490. The Hall–Kier alpha value is -1.13. The average molecular weight is 169 g/mol. The number of halogens is 1. The molecule has 66 valence electrons. The van der Waals surface area contributed by atoms with Gasteiger partial charge in [0.15, 0.2) is 0 Å². The minimum absolute atomic E-state index is 0.239. The van der Waals surface area contributed by atoms with E-state index in [0.29, 0.717) is 6.67 Å². The molecule has 0 unspecified atom stereocenters. The van der Waals surface area contributed by atoms with Crippen LogP contribution in [0.2, 0.25) is 0 Å². The zero-order valence-corrected chi connectivity index (χ0v) is 6.92. The largest absolute Gasteiger partial charge is 0.361 e. The van der Waals surface area contributed by atoms with Crippen LogP contribution in [0.15, 0.2) is 24.3 Å². The predicted molar refractivity (Wildman–Crippen MR) is 47.0 cm³/mol. The van der Waals surface area contributed by atoms with Crippen molar-refractivity contribution >= 4 is 5.69 Å². The molecule has 0 aliphatic heterocycles. The van der Waals surface area contributed by atoms with E-state index in [1.165, 1.54) is 12.1 Å². The zero-order chi connectivity index (χ0) is 8.97. The van der Waals surface area contributed by atoms with Crippen molar-refractivity contribution < 1.29 is 4.39 Å². The van der Waals surface area contributed by atoms with Crippen molar-refractivity contribution in [2.75, 3.05) is 18.6 Å². The zero-order valence-electron chi connectivity index (χ0n) is 6.92. The Morgan fingerprint density at radius 3 is 2.92 bits per heavy atom. The number of nitrogens with two attached hydrogens (primary N) is 1. The van der Waals surface area contributed by atoms with Crippen LogP contribution < -0.4 is 16.2 Å². The van der Waals surface area contributed by atoms with Gasteiger partial charge in [-0.25, -0.2) is 9.82 Å². The molecule has 0 radical (unpaired) electrons. The van der Waals surface area contributed by atoms with Gasteiger partial charge in [-0.15, -0.1) is 0 Å². The second kappa shape index (κ2) is 4.04. The SMILES string of the molecule is CN(CNN)c1cccc(F)c1. The smallest absolute Gasteiger partial charge is 0.125 e. The Morgan fingerprint density at radius 1 is 1.58 bits per heavy atom. The maximum atomic E-state index is 12.7. The van der Waals surface area contributed by atoms with E-state index in [4.69, 9.17) is 5.84 Å². The summed E-state index contributed by atoms with van der Waals surface area (Å²) in [6.07, 6.45) is 0. The average Bonchev–Trinajstić information content (AvgIpc) is 2.05. The van der Waals surface area contributed by atoms with E-state index in [-0.39, 0.29) is 5.82 Å². The molecule has 0 atom stereocenters. The molecule has 1 aromatic rings. The minimum Gasteiger partial charge on any atom is -0.361 e. The van der Waals surface area contributed by atoms with Crippen molar-refractivity contribution in [2.45, 2.75) is 0 Å². The van der Waals surface area contributed by atoms with Gasteiger partial charge in [0.25, 0.3) is 0 Å². The van der Waals surface area contributed by atoms with Crippen LogP contribution >= 0.6 is 0 Å². The first-order chi connectivity index (χ1) is 5.74. The molecule has 12 heavy (non-hydrogen) atoms. The molecule has 0 aliphatic carbocycles. The number of nitrogens with one attached hydrogen (secondary N) is 1. The molecule has 1 aromatic carbocycles. The van der Waals surface area contributed by atoms with Crippen LogP contribution in [0.4, 0.5) is 10.1 Å². The third kappa shape index (κ3) is 2.18. The molecular formula is C8H12FN3. The number of rotatable bonds is 3. The Morgan fingerprint density at radius 2 is 2.33 bits per heavy atom. The van der Waals surface area contributed by atoms with Crippen LogP contribution in [0.3, 0.4) is 0 Å². The monoisotopic (exact) mass is 169 g/mol. The molecule has 0 aliphatic rings.